The maximum Gasteiger partial charge on any atom is 0.253 e. The molecule has 0 aromatic heterocycles. The molecule has 0 radical (unpaired) electrons. The first-order chi connectivity index (χ1) is 16.9. The standard InChI is InChI=1S/C27H25Cl2N3O3/c1-35-26-20(17-21(28)18-24(26)29)7-12-25(33)30-22-8-10-23(11-9-22)31-13-15-32(16-14-31)27(34)19-5-3-2-4-6-19/h2-12,17-18H,13-16H2,1H3,(H,30,33)/b12-7+. The van der Waals surface area contributed by atoms with E-state index in [4.69, 9.17) is 27.9 Å². The summed E-state index contributed by atoms with van der Waals surface area (Å²) in [5.74, 6) is 0.230. The summed E-state index contributed by atoms with van der Waals surface area (Å²) < 4.78 is 5.29. The fourth-order valence-electron chi connectivity index (χ4n) is 3.96. The maximum absolute atomic E-state index is 12.6. The van der Waals surface area contributed by atoms with Gasteiger partial charge in [0.05, 0.1) is 12.1 Å². The van der Waals surface area contributed by atoms with Crippen molar-refractivity contribution in [2.24, 2.45) is 0 Å². The normalized spacial score (nSPS) is 13.7. The zero-order valence-corrected chi connectivity index (χ0v) is 20.7. The van der Waals surface area contributed by atoms with E-state index in [1.807, 2.05) is 59.5 Å². The molecule has 1 N–H and O–H groups in total. The van der Waals surface area contributed by atoms with Gasteiger partial charge in [-0.15, -0.1) is 0 Å². The lowest BCUT2D eigenvalue weighted by Crippen LogP contribution is -2.48. The third-order valence-electron chi connectivity index (χ3n) is 5.74. The third kappa shape index (κ3) is 6.15. The number of carbonyl (C=O) groups excluding carboxylic acids is 2. The molecule has 35 heavy (non-hydrogen) atoms. The number of piperazine rings is 1. The van der Waals surface area contributed by atoms with Gasteiger partial charge in [0.15, 0.2) is 0 Å². The van der Waals surface area contributed by atoms with Crippen LogP contribution in [0.3, 0.4) is 0 Å². The van der Waals surface area contributed by atoms with Crippen LogP contribution < -0.4 is 15.0 Å². The predicted molar refractivity (Wildman–Crippen MR) is 142 cm³/mol. The molecule has 0 unspecified atom stereocenters. The number of hydrogen-bond acceptors (Lipinski definition) is 4. The smallest absolute Gasteiger partial charge is 0.253 e. The Bertz CT molecular complexity index is 1220. The molecule has 8 heteroatoms. The number of hydrogen-bond donors (Lipinski definition) is 1. The molecule has 0 bridgehead atoms. The molecule has 6 nitrogen and oxygen atoms in total. The van der Waals surface area contributed by atoms with Crippen LogP contribution in [-0.2, 0) is 4.79 Å². The van der Waals surface area contributed by atoms with Crippen molar-refractivity contribution in [2.45, 2.75) is 0 Å². The summed E-state index contributed by atoms with van der Waals surface area (Å²) in [5, 5.41) is 3.68. The van der Waals surface area contributed by atoms with Crippen molar-refractivity contribution in [3.63, 3.8) is 0 Å². The van der Waals surface area contributed by atoms with Crippen LogP contribution in [0.15, 0.2) is 72.8 Å². The minimum Gasteiger partial charge on any atom is -0.495 e. The molecular formula is C27H25Cl2N3O3. The Morgan fingerprint density at radius 3 is 2.29 bits per heavy atom. The van der Waals surface area contributed by atoms with Crippen LogP contribution in [0, 0.1) is 0 Å². The van der Waals surface area contributed by atoms with Gasteiger partial charge in [0, 0.05) is 59.8 Å². The number of benzene rings is 3. The van der Waals surface area contributed by atoms with E-state index in [1.165, 1.54) is 13.2 Å². The van der Waals surface area contributed by atoms with E-state index in [0.29, 0.717) is 45.7 Å². The molecule has 3 aromatic rings. The van der Waals surface area contributed by atoms with Crippen LogP contribution in [0.1, 0.15) is 15.9 Å². The maximum atomic E-state index is 12.6. The first-order valence-electron chi connectivity index (χ1n) is 11.2. The van der Waals surface area contributed by atoms with Gasteiger partial charge in [-0.3, -0.25) is 9.59 Å². The van der Waals surface area contributed by atoms with Gasteiger partial charge in [-0.05, 0) is 54.6 Å². The first kappa shape index (κ1) is 24.6. The van der Waals surface area contributed by atoms with Gasteiger partial charge in [0.2, 0.25) is 5.91 Å². The Morgan fingerprint density at radius 2 is 1.63 bits per heavy atom. The van der Waals surface area contributed by atoms with Crippen molar-refractivity contribution in [1.29, 1.82) is 0 Å². The zero-order chi connectivity index (χ0) is 24.8. The van der Waals surface area contributed by atoms with E-state index < -0.39 is 0 Å². The first-order valence-corrected chi connectivity index (χ1v) is 11.9. The third-order valence-corrected chi connectivity index (χ3v) is 6.24. The fourth-order valence-corrected chi connectivity index (χ4v) is 4.54. The second-order valence-electron chi connectivity index (χ2n) is 8.02. The van der Waals surface area contributed by atoms with Crippen molar-refractivity contribution in [3.05, 3.63) is 94.0 Å². The average molecular weight is 510 g/mol. The summed E-state index contributed by atoms with van der Waals surface area (Å²) in [4.78, 5) is 29.2. The van der Waals surface area contributed by atoms with Gasteiger partial charge >= 0.3 is 0 Å². The number of nitrogens with one attached hydrogen (secondary N) is 1. The number of nitrogens with zero attached hydrogens (tertiary/aromatic N) is 2. The lowest BCUT2D eigenvalue weighted by atomic mass is 10.1. The Morgan fingerprint density at radius 1 is 0.943 bits per heavy atom. The molecule has 4 rings (SSSR count). The molecule has 1 heterocycles. The molecule has 1 aliphatic rings. The van der Waals surface area contributed by atoms with Gasteiger partial charge in [0.25, 0.3) is 5.91 Å². The summed E-state index contributed by atoms with van der Waals surface area (Å²) in [6.07, 6.45) is 3.01. The fraction of sp³-hybridized carbons (Fsp3) is 0.185. The average Bonchev–Trinajstić information content (AvgIpc) is 2.88. The highest BCUT2D eigenvalue weighted by Crippen LogP contribution is 2.33. The molecular weight excluding hydrogens is 485 g/mol. The molecule has 0 spiro atoms. The highest BCUT2D eigenvalue weighted by atomic mass is 35.5. The van der Waals surface area contributed by atoms with Gasteiger partial charge in [-0.2, -0.15) is 0 Å². The lowest BCUT2D eigenvalue weighted by Gasteiger charge is -2.36. The van der Waals surface area contributed by atoms with Crippen LogP contribution in [0.2, 0.25) is 10.0 Å². The number of halogens is 2. The molecule has 2 amide bonds. The molecule has 1 saturated heterocycles. The van der Waals surface area contributed by atoms with Crippen molar-refractivity contribution in [3.8, 4) is 5.75 Å². The summed E-state index contributed by atoms with van der Waals surface area (Å²) >= 11 is 12.2. The summed E-state index contributed by atoms with van der Waals surface area (Å²) in [6.45, 7) is 2.82. The molecule has 0 aliphatic carbocycles. The van der Waals surface area contributed by atoms with Crippen molar-refractivity contribution in [1.82, 2.24) is 4.90 Å². The van der Waals surface area contributed by atoms with Gasteiger partial charge in [-0.1, -0.05) is 41.4 Å². The second kappa shape index (κ2) is 11.3. The van der Waals surface area contributed by atoms with Gasteiger partial charge in [-0.25, -0.2) is 0 Å². The highest BCUT2D eigenvalue weighted by molar-refractivity contribution is 6.36. The number of ether oxygens (including phenoxy) is 1. The monoisotopic (exact) mass is 509 g/mol. The Labute approximate surface area is 214 Å². The van der Waals surface area contributed by atoms with Crippen LogP contribution in [0.5, 0.6) is 5.75 Å². The number of methoxy groups -OCH3 is 1. The topological polar surface area (TPSA) is 61.9 Å². The van der Waals surface area contributed by atoms with E-state index in [-0.39, 0.29) is 11.8 Å². The lowest BCUT2D eigenvalue weighted by molar-refractivity contribution is -0.111. The quantitative estimate of drug-likeness (QED) is 0.438. The Hall–Kier alpha value is -3.48. The van der Waals surface area contributed by atoms with Gasteiger partial charge in [0.1, 0.15) is 5.75 Å². The number of rotatable bonds is 6. The Balaban J connectivity index is 1.32. The molecule has 0 saturated carbocycles. The SMILES string of the molecule is COc1c(Cl)cc(Cl)cc1/C=C/C(=O)Nc1ccc(N2CCN(C(=O)c3ccccc3)CC2)cc1. The Kier molecular flexibility index (Phi) is 7.95. The molecule has 180 valence electrons. The predicted octanol–water partition coefficient (Wildman–Crippen LogP) is 5.62. The van der Waals surface area contributed by atoms with E-state index in [2.05, 4.69) is 10.2 Å². The molecule has 1 fully saturated rings. The van der Waals surface area contributed by atoms with Crippen LogP contribution >= 0.6 is 23.2 Å². The summed E-state index contributed by atoms with van der Waals surface area (Å²) in [7, 11) is 1.51. The molecule has 1 aliphatic heterocycles. The minimum absolute atomic E-state index is 0.0639. The molecule has 3 aromatic carbocycles. The molecule has 0 atom stereocenters. The van der Waals surface area contributed by atoms with Crippen molar-refractivity contribution < 1.29 is 14.3 Å². The summed E-state index contributed by atoms with van der Waals surface area (Å²) in [5.41, 5.74) is 3.05. The van der Waals surface area contributed by atoms with E-state index >= 15 is 0 Å². The second-order valence-corrected chi connectivity index (χ2v) is 8.87. The van der Waals surface area contributed by atoms with Crippen molar-refractivity contribution >= 4 is 52.5 Å². The van der Waals surface area contributed by atoms with E-state index in [1.54, 1.807) is 18.2 Å². The largest absolute Gasteiger partial charge is 0.495 e. The van der Waals surface area contributed by atoms with Gasteiger partial charge < -0.3 is 19.9 Å². The number of amides is 2. The van der Waals surface area contributed by atoms with Crippen LogP contribution in [0.25, 0.3) is 6.08 Å². The van der Waals surface area contributed by atoms with E-state index in [9.17, 15) is 9.59 Å². The van der Waals surface area contributed by atoms with Crippen molar-refractivity contribution in [2.75, 3.05) is 43.5 Å². The summed E-state index contributed by atoms with van der Waals surface area (Å²) in [6, 6.07) is 20.3. The van der Waals surface area contributed by atoms with E-state index in [0.717, 1.165) is 18.8 Å². The van der Waals surface area contributed by atoms with Crippen LogP contribution in [-0.4, -0.2) is 50.0 Å². The van der Waals surface area contributed by atoms with Crippen LogP contribution in [0.4, 0.5) is 11.4 Å². The zero-order valence-electron chi connectivity index (χ0n) is 19.2. The number of anilines is 2. The number of carbonyl (C=O) groups is 2. The minimum atomic E-state index is -0.288. The highest BCUT2D eigenvalue weighted by Gasteiger charge is 2.22.